The van der Waals surface area contributed by atoms with Crippen LogP contribution < -0.4 is 15.9 Å². The van der Waals surface area contributed by atoms with Crippen molar-refractivity contribution < 1.29 is 0 Å². The third-order valence-electron chi connectivity index (χ3n) is 4.30. The second-order valence-corrected chi connectivity index (χ2v) is 10.9. The molecule has 0 aliphatic heterocycles. The first kappa shape index (κ1) is 19.5. The summed E-state index contributed by atoms with van der Waals surface area (Å²) in [5.74, 6) is 1.11. The van der Waals surface area contributed by atoms with Gasteiger partial charge in [0.2, 0.25) is 0 Å². The summed E-state index contributed by atoms with van der Waals surface area (Å²) in [4.78, 5) is 0. The van der Waals surface area contributed by atoms with Crippen LogP contribution in [-0.2, 0) is 0 Å². The van der Waals surface area contributed by atoms with Crippen LogP contribution in [0.1, 0.15) is 0 Å². The van der Waals surface area contributed by atoms with Gasteiger partial charge in [-0.2, -0.15) is 0 Å². The first-order valence-electron chi connectivity index (χ1n) is 8.99. The lowest BCUT2D eigenvalue weighted by atomic mass is 10.4. The van der Waals surface area contributed by atoms with E-state index in [1.807, 2.05) is 12.2 Å². The summed E-state index contributed by atoms with van der Waals surface area (Å²) in [5, 5.41) is 5.51. The van der Waals surface area contributed by atoms with Crippen molar-refractivity contribution in [2.45, 2.75) is 0 Å². The van der Waals surface area contributed by atoms with Gasteiger partial charge in [0.15, 0.2) is 0 Å². The van der Waals surface area contributed by atoms with Crippen LogP contribution in [0.4, 0.5) is 0 Å². The smallest absolute Gasteiger partial charge is 0.00405 e. The van der Waals surface area contributed by atoms with E-state index in [2.05, 4.69) is 110 Å². The maximum atomic E-state index is 4.09. The summed E-state index contributed by atoms with van der Waals surface area (Å²) in [6.07, 6.45) is 6.00. The van der Waals surface area contributed by atoms with Gasteiger partial charge in [0.25, 0.3) is 0 Å². The Morgan fingerprint density at radius 2 is 1.11 bits per heavy atom. The number of hydrogen-bond acceptors (Lipinski definition) is 0. The lowest BCUT2D eigenvalue weighted by Gasteiger charge is -2.26. The minimum atomic E-state index is -0.511. The normalized spacial score (nSPS) is 12.6. The van der Waals surface area contributed by atoms with Gasteiger partial charge >= 0.3 is 0 Å². The molecule has 0 aliphatic rings. The highest BCUT2D eigenvalue weighted by atomic mass is 31.2. The summed E-state index contributed by atoms with van der Waals surface area (Å²) in [6, 6.07) is 32.7. The van der Waals surface area contributed by atoms with Crippen LogP contribution in [0.2, 0.25) is 0 Å². The van der Waals surface area contributed by atoms with E-state index in [0.717, 1.165) is 5.90 Å². The molecule has 0 aliphatic carbocycles. The van der Waals surface area contributed by atoms with E-state index in [9.17, 15) is 0 Å². The van der Waals surface area contributed by atoms with Crippen LogP contribution >= 0.6 is 15.8 Å². The minimum Gasteiger partial charge on any atom is -0.0990 e. The monoisotopic (exact) mass is 386 g/mol. The van der Waals surface area contributed by atoms with Crippen molar-refractivity contribution in [3.63, 3.8) is 0 Å². The van der Waals surface area contributed by atoms with Crippen LogP contribution in [0, 0.1) is 0 Å². The summed E-state index contributed by atoms with van der Waals surface area (Å²) in [7, 11) is -0.968. The van der Waals surface area contributed by atoms with Crippen LogP contribution in [0.15, 0.2) is 128 Å². The van der Waals surface area contributed by atoms with Crippen LogP contribution in [0.3, 0.4) is 0 Å². The Morgan fingerprint density at radius 3 is 1.52 bits per heavy atom. The summed E-state index contributed by atoms with van der Waals surface area (Å²) >= 11 is 0. The van der Waals surface area contributed by atoms with Crippen LogP contribution in [-0.4, -0.2) is 5.90 Å². The van der Waals surface area contributed by atoms with Crippen molar-refractivity contribution in [2.75, 3.05) is 5.90 Å². The molecule has 0 saturated carbocycles. The Kier molecular flexibility index (Phi) is 7.35. The molecule has 0 amide bonds. The fourth-order valence-electron chi connectivity index (χ4n) is 2.98. The van der Waals surface area contributed by atoms with Gasteiger partial charge in [0.05, 0.1) is 0 Å². The van der Waals surface area contributed by atoms with E-state index in [-0.39, 0.29) is 0 Å². The standard InChI is InChI=1S/C25H24P2/c1-3-14-22(4-2)26(23-15-8-5-9-16-23)21-27(24-17-10-6-11-18-24)25-19-12-7-13-20-25/h3-20H,1-2,21H2/b22-14+. The van der Waals surface area contributed by atoms with Crippen molar-refractivity contribution in [1.29, 1.82) is 0 Å². The first-order valence-corrected chi connectivity index (χ1v) is 12.0. The molecule has 0 N–H and O–H groups in total. The minimum absolute atomic E-state index is 0.457. The van der Waals surface area contributed by atoms with E-state index in [1.165, 1.54) is 21.2 Å². The third-order valence-corrected chi connectivity index (χ3v) is 10.3. The molecule has 0 nitrogen and oxygen atoms in total. The predicted molar refractivity (Wildman–Crippen MR) is 125 cm³/mol. The van der Waals surface area contributed by atoms with Gasteiger partial charge in [-0.1, -0.05) is 122 Å². The van der Waals surface area contributed by atoms with Crippen LogP contribution in [0.25, 0.3) is 0 Å². The maximum absolute atomic E-state index is 4.09. The lowest BCUT2D eigenvalue weighted by Crippen LogP contribution is -2.16. The molecule has 3 aromatic rings. The number of hydrogen-bond donors (Lipinski definition) is 0. The maximum Gasteiger partial charge on any atom is 0.00405 e. The molecule has 2 heteroatoms. The van der Waals surface area contributed by atoms with Gasteiger partial charge in [0.1, 0.15) is 0 Å². The second-order valence-electron chi connectivity index (χ2n) is 6.04. The average Bonchev–Trinajstić information content (AvgIpc) is 2.75. The lowest BCUT2D eigenvalue weighted by molar-refractivity contribution is 1.73. The van der Waals surface area contributed by atoms with Gasteiger partial charge in [-0.05, 0) is 37.1 Å². The second kappa shape index (κ2) is 10.2. The largest absolute Gasteiger partial charge is 0.0990 e. The molecular weight excluding hydrogens is 362 g/mol. The quantitative estimate of drug-likeness (QED) is 0.322. The zero-order valence-corrected chi connectivity index (χ0v) is 17.2. The molecule has 0 saturated heterocycles. The van der Waals surface area contributed by atoms with Gasteiger partial charge in [-0.25, -0.2) is 0 Å². The highest BCUT2D eigenvalue weighted by Crippen LogP contribution is 2.54. The molecule has 0 bridgehead atoms. The molecule has 0 spiro atoms. The Bertz CT molecular complexity index is 844. The van der Waals surface area contributed by atoms with Gasteiger partial charge in [-0.15, -0.1) is 0 Å². The molecule has 0 heterocycles. The highest BCUT2D eigenvalue weighted by Gasteiger charge is 2.22. The van der Waals surface area contributed by atoms with E-state index in [0.29, 0.717) is 0 Å². The SMILES string of the molecule is C=C/C=C(\C=C)P(CP(c1ccccc1)c1ccccc1)c1ccccc1. The summed E-state index contributed by atoms with van der Waals surface area (Å²) in [6.45, 7) is 8.00. The molecule has 134 valence electrons. The van der Waals surface area contributed by atoms with E-state index < -0.39 is 15.8 Å². The zero-order chi connectivity index (χ0) is 18.9. The number of benzene rings is 3. The molecule has 0 radical (unpaired) electrons. The summed E-state index contributed by atoms with van der Waals surface area (Å²) < 4.78 is 0. The van der Waals surface area contributed by atoms with Crippen molar-refractivity contribution >= 4 is 31.8 Å². The predicted octanol–water partition coefficient (Wildman–Crippen LogP) is 6.14. The third kappa shape index (κ3) is 5.14. The van der Waals surface area contributed by atoms with E-state index in [1.54, 1.807) is 0 Å². The fraction of sp³-hybridized carbons (Fsp3) is 0.0400. The molecule has 1 atom stereocenters. The van der Waals surface area contributed by atoms with Gasteiger partial charge < -0.3 is 0 Å². The van der Waals surface area contributed by atoms with Crippen molar-refractivity contribution in [1.82, 2.24) is 0 Å². The summed E-state index contributed by atoms with van der Waals surface area (Å²) in [5.41, 5.74) is 0. The first-order chi connectivity index (χ1) is 13.3. The molecule has 1 unspecified atom stereocenters. The molecule has 0 fully saturated rings. The Morgan fingerprint density at radius 1 is 0.667 bits per heavy atom. The van der Waals surface area contributed by atoms with Crippen molar-refractivity contribution in [2.24, 2.45) is 0 Å². The molecular formula is C25H24P2. The Labute approximate surface area is 165 Å². The molecule has 3 aromatic carbocycles. The number of rotatable bonds is 8. The molecule has 27 heavy (non-hydrogen) atoms. The highest BCUT2D eigenvalue weighted by molar-refractivity contribution is 7.87. The van der Waals surface area contributed by atoms with E-state index in [4.69, 9.17) is 0 Å². The van der Waals surface area contributed by atoms with Gasteiger partial charge in [0, 0.05) is 5.90 Å². The van der Waals surface area contributed by atoms with Crippen molar-refractivity contribution in [3.8, 4) is 0 Å². The average molecular weight is 386 g/mol. The number of allylic oxidation sites excluding steroid dienone is 4. The molecule has 0 aromatic heterocycles. The topological polar surface area (TPSA) is 0 Å². The zero-order valence-electron chi connectivity index (χ0n) is 15.4. The van der Waals surface area contributed by atoms with Crippen LogP contribution in [0.5, 0.6) is 0 Å². The Hall–Kier alpha value is -2.26. The van der Waals surface area contributed by atoms with Gasteiger partial charge in [-0.3, -0.25) is 0 Å². The van der Waals surface area contributed by atoms with Crippen molar-refractivity contribution in [3.05, 3.63) is 128 Å². The molecule has 3 rings (SSSR count). The van der Waals surface area contributed by atoms with E-state index >= 15 is 0 Å². The fourth-order valence-corrected chi connectivity index (χ4v) is 9.42. The Balaban J connectivity index is 2.06.